The summed E-state index contributed by atoms with van der Waals surface area (Å²) in [4.78, 5) is 12.9. The first-order chi connectivity index (χ1) is 8.65. The van der Waals surface area contributed by atoms with Crippen molar-refractivity contribution in [2.24, 2.45) is 5.92 Å². The molecule has 1 aromatic carbocycles. The van der Waals surface area contributed by atoms with Gasteiger partial charge in [0.1, 0.15) is 0 Å². The van der Waals surface area contributed by atoms with Crippen LogP contribution in [0, 0.1) is 5.92 Å². The molecule has 0 bridgehead atoms. The molecule has 3 nitrogen and oxygen atoms in total. The van der Waals surface area contributed by atoms with E-state index in [0.29, 0.717) is 0 Å². The fourth-order valence-electron chi connectivity index (χ4n) is 2.10. The molecular formula is C15H19NO2. The average Bonchev–Trinajstić information content (AvgIpc) is 3.11. The van der Waals surface area contributed by atoms with Gasteiger partial charge in [0, 0.05) is 19.2 Å². The van der Waals surface area contributed by atoms with E-state index in [2.05, 4.69) is 18.0 Å². The Morgan fingerprint density at radius 1 is 1.44 bits per heavy atom. The van der Waals surface area contributed by atoms with Crippen LogP contribution in [0.15, 0.2) is 30.3 Å². The molecule has 2 rings (SSSR count). The van der Waals surface area contributed by atoms with Gasteiger partial charge in [-0.1, -0.05) is 24.3 Å². The molecule has 0 spiro atoms. The first-order valence-electron chi connectivity index (χ1n) is 6.32. The number of rotatable bonds is 6. The molecule has 0 heterocycles. The summed E-state index contributed by atoms with van der Waals surface area (Å²) in [5, 5.41) is 8.68. The Labute approximate surface area is 108 Å². The van der Waals surface area contributed by atoms with Gasteiger partial charge < -0.3 is 10.0 Å². The molecule has 0 radical (unpaired) electrons. The maximum absolute atomic E-state index is 10.6. The van der Waals surface area contributed by atoms with Gasteiger partial charge in [-0.2, -0.15) is 0 Å². The molecule has 3 heteroatoms. The maximum atomic E-state index is 10.6. The van der Waals surface area contributed by atoms with Crippen LogP contribution in [-0.2, 0) is 11.3 Å². The molecule has 96 valence electrons. The molecule has 0 atom stereocenters. The van der Waals surface area contributed by atoms with Crippen LogP contribution in [0.4, 0.5) is 0 Å². The summed E-state index contributed by atoms with van der Waals surface area (Å²) in [6.45, 7) is 2.01. The summed E-state index contributed by atoms with van der Waals surface area (Å²) >= 11 is 0. The summed E-state index contributed by atoms with van der Waals surface area (Å²) < 4.78 is 0. The van der Waals surface area contributed by atoms with E-state index in [0.717, 1.165) is 24.6 Å². The van der Waals surface area contributed by atoms with E-state index >= 15 is 0 Å². The number of carboxylic acids is 1. The van der Waals surface area contributed by atoms with Gasteiger partial charge in [-0.15, -0.1) is 0 Å². The van der Waals surface area contributed by atoms with Crippen molar-refractivity contribution in [3.63, 3.8) is 0 Å². The summed E-state index contributed by atoms with van der Waals surface area (Å²) in [5.41, 5.74) is 2.17. The number of aliphatic carboxylic acids is 1. The summed E-state index contributed by atoms with van der Waals surface area (Å²) in [5.74, 6) is -0.0344. The lowest BCUT2D eigenvalue weighted by Gasteiger charge is -2.17. The SMILES string of the molecule is CN(Cc1ccccc1/C=C/C(=O)O)CC1CC1. The Bertz CT molecular complexity index is 450. The number of benzene rings is 1. The molecule has 1 aliphatic carbocycles. The number of nitrogens with zero attached hydrogens (tertiary/aromatic N) is 1. The van der Waals surface area contributed by atoms with Gasteiger partial charge >= 0.3 is 5.97 Å². The largest absolute Gasteiger partial charge is 0.478 e. The first-order valence-corrected chi connectivity index (χ1v) is 6.32. The fraction of sp³-hybridized carbons (Fsp3) is 0.400. The van der Waals surface area contributed by atoms with Gasteiger partial charge in [0.25, 0.3) is 0 Å². The molecule has 1 aromatic rings. The van der Waals surface area contributed by atoms with Crippen molar-refractivity contribution in [1.29, 1.82) is 0 Å². The van der Waals surface area contributed by atoms with Crippen molar-refractivity contribution in [3.8, 4) is 0 Å². The van der Waals surface area contributed by atoms with E-state index < -0.39 is 5.97 Å². The molecule has 0 aliphatic heterocycles. The minimum absolute atomic E-state index is 0.872. The third-order valence-electron chi connectivity index (χ3n) is 3.17. The summed E-state index contributed by atoms with van der Waals surface area (Å²) in [6, 6.07) is 7.95. The molecule has 0 unspecified atom stereocenters. The van der Waals surface area contributed by atoms with Crippen molar-refractivity contribution >= 4 is 12.0 Å². The monoisotopic (exact) mass is 245 g/mol. The maximum Gasteiger partial charge on any atom is 0.328 e. The van der Waals surface area contributed by atoms with E-state index in [1.54, 1.807) is 6.08 Å². The smallest absolute Gasteiger partial charge is 0.328 e. The zero-order valence-electron chi connectivity index (χ0n) is 10.7. The van der Waals surface area contributed by atoms with Crippen LogP contribution in [0.2, 0.25) is 0 Å². The lowest BCUT2D eigenvalue weighted by molar-refractivity contribution is -0.131. The molecule has 0 saturated heterocycles. The highest BCUT2D eigenvalue weighted by molar-refractivity contribution is 5.85. The zero-order valence-corrected chi connectivity index (χ0v) is 10.7. The van der Waals surface area contributed by atoms with Gasteiger partial charge in [-0.3, -0.25) is 0 Å². The summed E-state index contributed by atoms with van der Waals surface area (Å²) in [6.07, 6.45) is 5.57. The predicted octanol–water partition coefficient (Wildman–Crippen LogP) is 2.63. The molecule has 0 amide bonds. The van der Waals surface area contributed by atoms with E-state index in [-0.39, 0.29) is 0 Å². The van der Waals surface area contributed by atoms with Crippen LogP contribution >= 0.6 is 0 Å². The van der Waals surface area contributed by atoms with E-state index in [9.17, 15) is 4.79 Å². The predicted molar refractivity (Wildman–Crippen MR) is 72.2 cm³/mol. The molecule has 1 aliphatic rings. The van der Waals surface area contributed by atoms with E-state index in [1.165, 1.54) is 24.5 Å². The molecule has 1 saturated carbocycles. The van der Waals surface area contributed by atoms with Crippen molar-refractivity contribution in [2.75, 3.05) is 13.6 Å². The van der Waals surface area contributed by atoms with Crippen LogP contribution in [-0.4, -0.2) is 29.6 Å². The second-order valence-electron chi connectivity index (χ2n) is 5.01. The highest BCUT2D eigenvalue weighted by atomic mass is 16.4. The van der Waals surface area contributed by atoms with Crippen molar-refractivity contribution < 1.29 is 9.90 Å². The minimum atomic E-state index is -0.906. The van der Waals surface area contributed by atoms with Crippen LogP contribution in [0.5, 0.6) is 0 Å². The van der Waals surface area contributed by atoms with Gasteiger partial charge in [0.2, 0.25) is 0 Å². The second kappa shape index (κ2) is 5.83. The number of carbonyl (C=O) groups is 1. The standard InChI is InChI=1S/C15H19NO2/c1-16(10-12-6-7-12)11-14-5-3-2-4-13(14)8-9-15(17)18/h2-5,8-9,12H,6-7,10-11H2,1H3,(H,17,18)/b9-8+. The zero-order chi connectivity index (χ0) is 13.0. The Morgan fingerprint density at radius 3 is 2.83 bits per heavy atom. The normalized spacial score (nSPS) is 15.4. The Morgan fingerprint density at radius 2 is 2.17 bits per heavy atom. The van der Waals surface area contributed by atoms with Gasteiger partial charge in [-0.05, 0) is 43.0 Å². The highest BCUT2D eigenvalue weighted by Gasteiger charge is 2.22. The summed E-state index contributed by atoms with van der Waals surface area (Å²) in [7, 11) is 2.12. The third kappa shape index (κ3) is 4.00. The van der Waals surface area contributed by atoms with Crippen molar-refractivity contribution in [3.05, 3.63) is 41.5 Å². The average molecular weight is 245 g/mol. The Kier molecular flexibility index (Phi) is 4.15. The number of carboxylic acid groups (broad SMARTS) is 1. The number of hydrogen-bond donors (Lipinski definition) is 1. The molecular weight excluding hydrogens is 226 g/mol. The molecule has 1 N–H and O–H groups in total. The van der Waals surface area contributed by atoms with E-state index in [1.807, 2.05) is 18.2 Å². The van der Waals surface area contributed by atoms with Crippen LogP contribution in [0.1, 0.15) is 24.0 Å². The lowest BCUT2D eigenvalue weighted by atomic mass is 10.1. The van der Waals surface area contributed by atoms with Crippen molar-refractivity contribution in [2.45, 2.75) is 19.4 Å². The second-order valence-corrected chi connectivity index (χ2v) is 5.01. The van der Waals surface area contributed by atoms with Gasteiger partial charge in [0.15, 0.2) is 0 Å². The quantitative estimate of drug-likeness (QED) is 0.783. The van der Waals surface area contributed by atoms with Gasteiger partial charge in [0.05, 0.1) is 0 Å². The van der Waals surface area contributed by atoms with E-state index in [4.69, 9.17) is 5.11 Å². The molecule has 18 heavy (non-hydrogen) atoms. The lowest BCUT2D eigenvalue weighted by Crippen LogP contribution is -2.20. The third-order valence-corrected chi connectivity index (χ3v) is 3.17. The molecule has 1 fully saturated rings. The topological polar surface area (TPSA) is 40.5 Å². The van der Waals surface area contributed by atoms with Crippen molar-refractivity contribution in [1.82, 2.24) is 4.90 Å². The highest BCUT2D eigenvalue weighted by Crippen LogP contribution is 2.29. The fourth-order valence-corrected chi connectivity index (χ4v) is 2.10. The van der Waals surface area contributed by atoms with Crippen LogP contribution < -0.4 is 0 Å². The van der Waals surface area contributed by atoms with Crippen LogP contribution in [0.3, 0.4) is 0 Å². The Balaban J connectivity index is 2.03. The first kappa shape index (κ1) is 12.8. The number of hydrogen-bond acceptors (Lipinski definition) is 2. The minimum Gasteiger partial charge on any atom is -0.478 e. The molecule has 0 aromatic heterocycles. The Hall–Kier alpha value is -1.61. The van der Waals surface area contributed by atoms with Gasteiger partial charge in [-0.25, -0.2) is 4.79 Å². The van der Waals surface area contributed by atoms with Crippen LogP contribution in [0.25, 0.3) is 6.08 Å².